The van der Waals surface area contributed by atoms with Crippen molar-refractivity contribution in [3.63, 3.8) is 0 Å². The zero-order chi connectivity index (χ0) is 25.8. The minimum atomic E-state index is -3.83. The summed E-state index contributed by atoms with van der Waals surface area (Å²) >= 11 is 16.5. The van der Waals surface area contributed by atoms with Crippen molar-refractivity contribution in [1.29, 1.82) is 0 Å². The molecule has 3 N–H and O–H groups in total. The third-order valence-electron chi connectivity index (χ3n) is 6.00. The third kappa shape index (κ3) is 4.46. The molecule has 0 unspecified atom stereocenters. The summed E-state index contributed by atoms with van der Waals surface area (Å²) in [6.07, 6.45) is 2.24. The van der Waals surface area contributed by atoms with Crippen molar-refractivity contribution in [1.82, 2.24) is 9.55 Å². The number of rotatable bonds is 5. The molecule has 0 bridgehead atoms. The van der Waals surface area contributed by atoms with Gasteiger partial charge in [-0.1, -0.05) is 35.3 Å². The average molecular weight is 605 g/mol. The molecule has 2 aromatic carbocycles. The fourth-order valence-electron chi connectivity index (χ4n) is 4.37. The zero-order valence-corrected chi connectivity index (χ0v) is 23.1. The number of anilines is 2. The SMILES string of the molecule is Cc1cc(C2=Nc3c(ncc(Br)c3Nc3cccc(S(N)(=O)=O)c3)C2)c(C)n1-c1c(Cl)cccc1Cl. The van der Waals surface area contributed by atoms with Crippen LogP contribution < -0.4 is 10.5 Å². The molecule has 3 heterocycles. The van der Waals surface area contributed by atoms with Gasteiger partial charge in [0.25, 0.3) is 0 Å². The topological polar surface area (TPSA) is 102 Å². The summed E-state index contributed by atoms with van der Waals surface area (Å²) in [5, 5.41) is 9.69. The van der Waals surface area contributed by atoms with Crippen LogP contribution in [0.1, 0.15) is 22.6 Å². The number of hydrogen-bond donors (Lipinski definition) is 2. The van der Waals surface area contributed by atoms with Crippen LogP contribution >= 0.6 is 39.1 Å². The lowest BCUT2D eigenvalue weighted by atomic mass is 10.1. The first-order valence-electron chi connectivity index (χ1n) is 10.8. The van der Waals surface area contributed by atoms with Crippen molar-refractivity contribution in [3.05, 3.63) is 91.9 Å². The minimum absolute atomic E-state index is 0.0178. The van der Waals surface area contributed by atoms with E-state index in [9.17, 15) is 8.42 Å². The van der Waals surface area contributed by atoms with E-state index in [1.54, 1.807) is 18.3 Å². The van der Waals surface area contributed by atoms with Crippen LogP contribution in [0, 0.1) is 13.8 Å². The average Bonchev–Trinajstić information content (AvgIpc) is 3.37. The number of para-hydroxylation sites is 1. The number of aliphatic imine (C=N–C) groups is 1. The van der Waals surface area contributed by atoms with Gasteiger partial charge in [0, 0.05) is 35.3 Å². The molecule has 11 heteroatoms. The van der Waals surface area contributed by atoms with Crippen LogP contribution in [0.3, 0.4) is 0 Å². The normalized spacial score (nSPS) is 13.0. The van der Waals surface area contributed by atoms with Gasteiger partial charge in [0.1, 0.15) is 5.69 Å². The molecular formula is C25H20BrCl2N5O2S. The minimum Gasteiger partial charge on any atom is -0.353 e. The number of nitrogens with zero attached hydrogens (tertiary/aromatic N) is 3. The molecular weight excluding hydrogens is 585 g/mol. The van der Waals surface area contributed by atoms with Crippen LogP contribution in [-0.2, 0) is 16.4 Å². The Morgan fingerprint density at radius 2 is 1.78 bits per heavy atom. The number of aryl methyl sites for hydroxylation is 1. The van der Waals surface area contributed by atoms with Gasteiger partial charge in [-0.05, 0) is 66.2 Å². The Bertz CT molecular complexity index is 1660. The zero-order valence-electron chi connectivity index (χ0n) is 19.2. The quantitative estimate of drug-likeness (QED) is 0.267. The van der Waals surface area contributed by atoms with Gasteiger partial charge in [0.05, 0.1) is 42.2 Å². The molecule has 0 aliphatic carbocycles. The molecule has 0 amide bonds. The van der Waals surface area contributed by atoms with Gasteiger partial charge in [-0.3, -0.25) is 4.98 Å². The lowest BCUT2D eigenvalue weighted by Gasteiger charge is -2.13. The van der Waals surface area contributed by atoms with E-state index in [0.29, 0.717) is 38.0 Å². The van der Waals surface area contributed by atoms with Gasteiger partial charge in [0.15, 0.2) is 0 Å². The molecule has 0 fully saturated rings. The third-order valence-corrected chi connectivity index (χ3v) is 8.12. The highest BCUT2D eigenvalue weighted by atomic mass is 79.9. The van der Waals surface area contributed by atoms with Crippen LogP contribution in [0.2, 0.25) is 10.0 Å². The number of sulfonamides is 1. The molecule has 184 valence electrons. The number of fused-ring (bicyclic) bond motifs is 1. The molecule has 0 saturated carbocycles. The van der Waals surface area contributed by atoms with Crippen LogP contribution in [0.4, 0.5) is 17.1 Å². The Kier molecular flexibility index (Phi) is 6.46. The van der Waals surface area contributed by atoms with Gasteiger partial charge in [-0.15, -0.1) is 0 Å². The first-order chi connectivity index (χ1) is 17.0. The van der Waals surface area contributed by atoms with E-state index in [1.165, 1.54) is 12.1 Å². The monoisotopic (exact) mass is 603 g/mol. The van der Waals surface area contributed by atoms with Gasteiger partial charge in [0.2, 0.25) is 10.0 Å². The van der Waals surface area contributed by atoms with E-state index in [-0.39, 0.29) is 4.90 Å². The molecule has 1 aliphatic rings. The standard InChI is InChI=1S/C25H20BrCl2N5O2S/c1-13-9-17(14(2)33(13)25-19(27)7-4-8-20(25)28)21-11-22-24(32-21)23(18(26)12-30-22)31-15-5-3-6-16(10-15)36(29,34)35/h3-10,12H,11H2,1-2H3,(H,30,31)(H2,29,34,35). The van der Waals surface area contributed by atoms with Crippen LogP contribution in [-0.4, -0.2) is 23.7 Å². The first kappa shape index (κ1) is 25.0. The number of primary sulfonamides is 1. The summed E-state index contributed by atoms with van der Waals surface area (Å²) < 4.78 is 26.3. The highest BCUT2D eigenvalue weighted by molar-refractivity contribution is 9.10. The van der Waals surface area contributed by atoms with Crippen LogP contribution in [0.25, 0.3) is 5.69 Å². The van der Waals surface area contributed by atoms with Gasteiger partial charge >= 0.3 is 0 Å². The number of benzene rings is 2. The second-order valence-corrected chi connectivity index (χ2v) is 11.6. The number of halogens is 3. The smallest absolute Gasteiger partial charge is 0.238 e. The highest BCUT2D eigenvalue weighted by Crippen LogP contribution is 2.42. The van der Waals surface area contributed by atoms with Crippen LogP contribution in [0.5, 0.6) is 0 Å². The largest absolute Gasteiger partial charge is 0.353 e. The maximum Gasteiger partial charge on any atom is 0.238 e. The molecule has 2 aromatic heterocycles. The van der Waals surface area contributed by atoms with Crippen molar-refractivity contribution in [2.45, 2.75) is 25.2 Å². The lowest BCUT2D eigenvalue weighted by Crippen LogP contribution is -2.12. The Morgan fingerprint density at radius 3 is 2.47 bits per heavy atom. The molecule has 0 atom stereocenters. The fraction of sp³-hybridized carbons (Fsp3) is 0.120. The summed E-state index contributed by atoms with van der Waals surface area (Å²) in [4.78, 5) is 9.53. The first-order valence-corrected chi connectivity index (χ1v) is 13.9. The molecule has 5 rings (SSSR count). The van der Waals surface area contributed by atoms with E-state index in [4.69, 9.17) is 33.3 Å². The summed E-state index contributed by atoms with van der Waals surface area (Å²) in [6.45, 7) is 4.01. The number of hydrogen-bond acceptors (Lipinski definition) is 5. The highest BCUT2D eigenvalue weighted by Gasteiger charge is 2.26. The molecule has 36 heavy (non-hydrogen) atoms. The predicted octanol–water partition coefficient (Wildman–Crippen LogP) is 6.63. The number of aromatic nitrogens is 2. The van der Waals surface area contributed by atoms with Crippen molar-refractivity contribution < 1.29 is 8.42 Å². The van der Waals surface area contributed by atoms with Crippen molar-refractivity contribution >= 4 is 71.9 Å². The van der Waals surface area contributed by atoms with Gasteiger partial charge in [-0.25, -0.2) is 18.5 Å². The molecule has 4 aromatic rings. The molecule has 1 aliphatic heterocycles. The number of pyridine rings is 1. The number of nitrogens with two attached hydrogens (primary N) is 1. The summed E-state index contributed by atoms with van der Waals surface area (Å²) in [7, 11) is -3.83. The second-order valence-electron chi connectivity index (χ2n) is 8.40. The van der Waals surface area contributed by atoms with Gasteiger partial charge in [-0.2, -0.15) is 0 Å². The van der Waals surface area contributed by atoms with E-state index in [0.717, 1.165) is 34.0 Å². The molecule has 7 nitrogen and oxygen atoms in total. The van der Waals surface area contributed by atoms with E-state index >= 15 is 0 Å². The number of nitrogens with one attached hydrogen (secondary N) is 1. The molecule has 0 radical (unpaired) electrons. The van der Waals surface area contributed by atoms with E-state index in [1.807, 2.05) is 36.6 Å². The fourth-order valence-corrected chi connectivity index (χ4v) is 5.89. The van der Waals surface area contributed by atoms with Gasteiger partial charge < -0.3 is 9.88 Å². The summed E-state index contributed by atoms with van der Waals surface area (Å²) in [6, 6.07) is 13.8. The maximum absolute atomic E-state index is 11.8. The maximum atomic E-state index is 11.8. The van der Waals surface area contributed by atoms with E-state index in [2.05, 4.69) is 32.3 Å². The summed E-state index contributed by atoms with van der Waals surface area (Å²) in [5.41, 5.74) is 7.23. The summed E-state index contributed by atoms with van der Waals surface area (Å²) in [5.74, 6) is 0. The van der Waals surface area contributed by atoms with Crippen molar-refractivity contribution in [3.8, 4) is 5.69 Å². The van der Waals surface area contributed by atoms with Crippen LogP contribution in [0.15, 0.2) is 69.1 Å². The Labute approximate surface area is 227 Å². The Hall–Kier alpha value is -2.69. The second kappa shape index (κ2) is 9.32. The molecule has 0 spiro atoms. The van der Waals surface area contributed by atoms with E-state index < -0.39 is 10.0 Å². The molecule has 0 saturated heterocycles. The lowest BCUT2D eigenvalue weighted by molar-refractivity contribution is 0.598. The Balaban J connectivity index is 1.57. The van der Waals surface area contributed by atoms with Crippen molar-refractivity contribution in [2.24, 2.45) is 10.1 Å². The predicted molar refractivity (Wildman–Crippen MR) is 148 cm³/mol. The Morgan fingerprint density at radius 1 is 1.08 bits per heavy atom. The van der Waals surface area contributed by atoms with Crippen molar-refractivity contribution in [2.75, 3.05) is 5.32 Å².